The summed E-state index contributed by atoms with van der Waals surface area (Å²) >= 11 is 1.56. The second kappa shape index (κ2) is 7.55. The van der Waals surface area contributed by atoms with Crippen molar-refractivity contribution < 1.29 is 14.6 Å². The number of fused-ring (bicyclic) bond motifs is 1. The number of H-pyrrole nitrogens is 1. The number of nitrogens with zero attached hydrogens (tertiary/aromatic N) is 3. The van der Waals surface area contributed by atoms with Gasteiger partial charge in [-0.25, -0.2) is 9.78 Å². The van der Waals surface area contributed by atoms with Crippen molar-refractivity contribution in [2.24, 2.45) is 0 Å². The maximum absolute atomic E-state index is 12.0. The molecule has 7 nitrogen and oxygen atoms in total. The number of nitrogens with one attached hydrogen (secondary N) is 1. The molecule has 1 fully saturated rings. The first-order valence-corrected chi connectivity index (χ1v) is 10.5. The fourth-order valence-corrected chi connectivity index (χ4v) is 4.77. The van der Waals surface area contributed by atoms with E-state index in [-0.39, 0.29) is 5.56 Å². The van der Waals surface area contributed by atoms with Gasteiger partial charge in [0.15, 0.2) is 0 Å². The van der Waals surface area contributed by atoms with Gasteiger partial charge in [-0.3, -0.25) is 5.10 Å². The van der Waals surface area contributed by atoms with E-state index < -0.39 is 5.97 Å². The summed E-state index contributed by atoms with van der Waals surface area (Å²) in [7, 11) is 0. The van der Waals surface area contributed by atoms with Crippen LogP contribution >= 0.6 is 11.3 Å². The zero-order valence-electron chi connectivity index (χ0n) is 16.4. The molecule has 0 saturated carbocycles. The monoisotopic (exact) mass is 420 g/mol. The minimum Gasteiger partial charge on any atom is -0.478 e. The Kier molecular flexibility index (Phi) is 4.72. The number of benzene rings is 2. The molecule has 2 aromatic carbocycles. The Morgan fingerprint density at radius 2 is 1.97 bits per heavy atom. The third-order valence-corrected chi connectivity index (χ3v) is 6.30. The predicted octanol–water partition coefficient (Wildman–Crippen LogP) is 4.20. The Morgan fingerprint density at radius 3 is 2.77 bits per heavy atom. The number of ether oxygens (including phenoxy) is 1. The molecule has 1 saturated heterocycles. The maximum atomic E-state index is 12.0. The number of morpholine rings is 1. The number of aromatic carboxylic acids is 1. The smallest absolute Gasteiger partial charge is 0.337 e. The van der Waals surface area contributed by atoms with Crippen molar-refractivity contribution in [3.8, 4) is 22.0 Å². The molecule has 0 atom stereocenters. The van der Waals surface area contributed by atoms with Crippen LogP contribution in [0.4, 0.5) is 5.69 Å². The van der Waals surface area contributed by atoms with Crippen LogP contribution in [0.1, 0.15) is 15.2 Å². The Balaban J connectivity index is 1.56. The molecule has 152 valence electrons. The van der Waals surface area contributed by atoms with Gasteiger partial charge in [0, 0.05) is 28.9 Å². The van der Waals surface area contributed by atoms with Crippen LogP contribution in [0.25, 0.3) is 32.9 Å². The average Bonchev–Trinajstić information content (AvgIpc) is 3.37. The lowest BCUT2D eigenvalue weighted by atomic mass is 10.0. The number of aromatic amines is 1. The Hall–Kier alpha value is -3.23. The van der Waals surface area contributed by atoms with Gasteiger partial charge < -0.3 is 14.7 Å². The maximum Gasteiger partial charge on any atom is 0.337 e. The number of carbonyl (C=O) groups is 1. The highest BCUT2D eigenvalue weighted by molar-refractivity contribution is 7.15. The summed E-state index contributed by atoms with van der Waals surface area (Å²) in [6.45, 7) is 4.58. The van der Waals surface area contributed by atoms with Crippen LogP contribution in [0.15, 0.2) is 42.5 Å². The molecule has 5 rings (SSSR count). The number of carboxylic acid groups (broad SMARTS) is 1. The molecule has 0 spiro atoms. The Labute approximate surface area is 176 Å². The van der Waals surface area contributed by atoms with Gasteiger partial charge in [-0.1, -0.05) is 24.3 Å². The zero-order chi connectivity index (χ0) is 20.7. The number of rotatable bonds is 4. The van der Waals surface area contributed by atoms with Gasteiger partial charge in [0.2, 0.25) is 0 Å². The van der Waals surface area contributed by atoms with E-state index in [2.05, 4.69) is 15.1 Å². The normalized spacial score (nSPS) is 14.4. The Bertz CT molecular complexity index is 1240. The lowest BCUT2D eigenvalue weighted by Crippen LogP contribution is -2.37. The van der Waals surface area contributed by atoms with E-state index >= 15 is 0 Å². The molecular weight excluding hydrogens is 400 g/mol. The highest BCUT2D eigenvalue weighted by Crippen LogP contribution is 2.36. The number of para-hydroxylation sites is 1. The second-order valence-electron chi connectivity index (χ2n) is 7.18. The largest absolute Gasteiger partial charge is 0.478 e. The van der Waals surface area contributed by atoms with Gasteiger partial charge in [-0.05, 0) is 25.1 Å². The number of aryl methyl sites for hydroxylation is 1. The summed E-state index contributed by atoms with van der Waals surface area (Å²) in [5.74, 6) is -0.940. The van der Waals surface area contributed by atoms with Crippen LogP contribution in [0, 0.1) is 6.92 Å². The molecule has 0 aliphatic carbocycles. The molecule has 8 heteroatoms. The van der Waals surface area contributed by atoms with Crippen LogP contribution in [-0.4, -0.2) is 52.6 Å². The molecule has 2 aromatic heterocycles. The molecule has 1 aliphatic heterocycles. The highest BCUT2D eigenvalue weighted by atomic mass is 32.1. The molecule has 2 N–H and O–H groups in total. The number of hydrogen-bond donors (Lipinski definition) is 2. The number of thiazole rings is 1. The average molecular weight is 420 g/mol. The van der Waals surface area contributed by atoms with Crippen molar-refractivity contribution >= 4 is 33.9 Å². The lowest BCUT2D eigenvalue weighted by molar-refractivity contribution is 0.0696. The van der Waals surface area contributed by atoms with Gasteiger partial charge in [0.1, 0.15) is 10.7 Å². The highest BCUT2D eigenvalue weighted by Gasteiger charge is 2.21. The van der Waals surface area contributed by atoms with Crippen molar-refractivity contribution in [2.45, 2.75) is 6.92 Å². The van der Waals surface area contributed by atoms with Crippen molar-refractivity contribution in [3.63, 3.8) is 0 Å². The minimum absolute atomic E-state index is 0.286. The van der Waals surface area contributed by atoms with E-state index in [9.17, 15) is 9.90 Å². The molecule has 0 bridgehead atoms. The molecular formula is C22H20N4O3S. The van der Waals surface area contributed by atoms with Crippen molar-refractivity contribution in [1.29, 1.82) is 0 Å². The van der Waals surface area contributed by atoms with Gasteiger partial charge >= 0.3 is 5.97 Å². The molecule has 0 unspecified atom stereocenters. The number of aromatic nitrogens is 3. The standard InChI is InChI=1S/C22H20N4O3S/c1-13-19(23-21(30-13)20-15-4-2-3-5-17(15)24-25-20)14-6-7-18(16(12-14)22(27)28)26-8-10-29-11-9-26/h2-7,12H,8-11H2,1H3,(H,24,25)(H,27,28). The van der Waals surface area contributed by atoms with E-state index in [0.717, 1.165) is 43.4 Å². The van der Waals surface area contributed by atoms with Gasteiger partial charge in [-0.15, -0.1) is 11.3 Å². The van der Waals surface area contributed by atoms with Crippen molar-refractivity contribution in [2.75, 3.05) is 31.2 Å². The summed E-state index contributed by atoms with van der Waals surface area (Å²) in [4.78, 5) is 19.9. The lowest BCUT2D eigenvalue weighted by Gasteiger charge is -2.30. The molecule has 0 amide bonds. The van der Waals surface area contributed by atoms with E-state index in [4.69, 9.17) is 9.72 Å². The SMILES string of the molecule is Cc1sc(-c2n[nH]c3ccccc23)nc1-c1ccc(N2CCOCC2)c(C(=O)O)c1. The quantitative estimate of drug-likeness (QED) is 0.514. The number of carboxylic acids is 1. The minimum atomic E-state index is -0.940. The fraction of sp³-hybridized carbons (Fsp3) is 0.227. The third kappa shape index (κ3) is 3.24. The van der Waals surface area contributed by atoms with Gasteiger partial charge in [0.25, 0.3) is 0 Å². The van der Waals surface area contributed by atoms with Crippen LogP contribution in [-0.2, 0) is 4.74 Å². The van der Waals surface area contributed by atoms with E-state index in [1.165, 1.54) is 0 Å². The Morgan fingerprint density at radius 1 is 1.17 bits per heavy atom. The molecule has 4 aromatic rings. The zero-order valence-corrected chi connectivity index (χ0v) is 17.2. The number of hydrogen-bond acceptors (Lipinski definition) is 6. The van der Waals surface area contributed by atoms with Gasteiger partial charge in [0.05, 0.1) is 35.7 Å². The van der Waals surface area contributed by atoms with Crippen molar-refractivity contribution in [3.05, 3.63) is 52.9 Å². The van der Waals surface area contributed by atoms with Crippen LogP contribution < -0.4 is 4.90 Å². The number of anilines is 1. The molecule has 1 aliphatic rings. The van der Waals surface area contributed by atoms with Crippen LogP contribution in [0.2, 0.25) is 0 Å². The first kappa shape index (κ1) is 18.8. The topological polar surface area (TPSA) is 91.3 Å². The van der Waals surface area contributed by atoms with Crippen molar-refractivity contribution in [1.82, 2.24) is 15.2 Å². The second-order valence-corrected chi connectivity index (χ2v) is 8.38. The summed E-state index contributed by atoms with van der Waals surface area (Å²) < 4.78 is 5.39. The molecule has 0 radical (unpaired) electrons. The first-order chi connectivity index (χ1) is 14.6. The van der Waals surface area contributed by atoms with Crippen LogP contribution in [0.5, 0.6) is 0 Å². The van der Waals surface area contributed by atoms with E-state index in [0.29, 0.717) is 26.3 Å². The van der Waals surface area contributed by atoms with Gasteiger partial charge in [-0.2, -0.15) is 5.10 Å². The summed E-state index contributed by atoms with van der Waals surface area (Å²) in [6, 6.07) is 13.5. The van der Waals surface area contributed by atoms with Crippen LogP contribution in [0.3, 0.4) is 0 Å². The summed E-state index contributed by atoms with van der Waals surface area (Å²) in [5, 5.41) is 19.1. The first-order valence-electron chi connectivity index (χ1n) is 9.73. The predicted molar refractivity (Wildman–Crippen MR) is 117 cm³/mol. The molecule has 3 heterocycles. The van der Waals surface area contributed by atoms with E-state index in [1.54, 1.807) is 17.4 Å². The molecule has 30 heavy (non-hydrogen) atoms. The van der Waals surface area contributed by atoms with E-state index in [1.807, 2.05) is 43.3 Å². The third-order valence-electron chi connectivity index (χ3n) is 5.32. The fourth-order valence-electron chi connectivity index (χ4n) is 3.83. The summed E-state index contributed by atoms with van der Waals surface area (Å²) in [6.07, 6.45) is 0. The summed E-state index contributed by atoms with van der Waals surface area (Å²) in [5.41, 5.74) is 4.37.